The van der Waals surface area contributed by atoms with Crippen LogP contribution >= 0.6 is 0 Å². The van der Waals surface area contributed by atoms with Crippen molar-refractivity contribution >= 4 is 0 Å². The summed E-state index contributed by atoms with van der Waals surface area (Å²) in [4.78, 5) is 7.06. The van der Waals surface area contributed by atoms with Gasteiger partial charge in [0.2, 0.25) is 6.79 Å². The number of rotatable bonds is 4. The monoisotopic (exact) mass is 245 g/mol. The molecule has 1 aliphatic rings. The molecule has 1 aliphatic heterocycles. The zero-order valence-corrected chi connectivity index (χ0v) is 10.1. The van der Waals surface area contributed by atoms with Crippen molar-refractivity contribution in [2.24, 2.45) is 0 Å². The van der Waals surface area contributed by atoms with Gasteiger partial charge in [0.05, 0.1) is 6.33 Å². The van der Waals surface area contributed by atoms with E-state index in [0.29, 0.717) is 6.79 Å². The molecule has 0 fully saturated rings. The van der Waals surface area contributed by atoms with Crippen molar-refractivity contribution in [3.8, 4) is 11.5 Å². The van der Waals surface area contributed by atoms with Crippen LogP contribution in [-0.4, -0.2) is 16.8 Å². The molecule has 1 atom stereocenters. The summed E-state index contributed by atoms with van der Waals surface area (Å²) < 4.78 is 10.7. The number of nitrogens with zero attached hydrogens (tertiary/aromatic N) is 1. The maximum Gasteiger partial charge on any atom is 0.231 e. The lowest BCUT2D eigenvalue weighted by molar-refractivity contribution is 0.174. The number of ether oxygens (including phenoxy) is 2. The molecule has 2 heterocycles. The van der Waals surface area contributed by atoms with Gasteiger partial charge in [-0.05, 0) is 24.6 Å². The highest BCUT2D eigenvalue weighted by molar-refractivity contribution is 5.45. The Bertz CT molecular complexity index is 525. The molecule has 0 spiro atoms. The lowest BCUT2D eigenvalue weighted by Crippen LogP contribution is -2.18. The van der Waals surface area contributed by atoms with E-state index in [2.05, 4.69) is 28.3 Å². The van der Waals surface area contributed by atoms with Crippen LogP contribution in [0.15, 0.2) is 30.7 Å². The minimum atomic E-state index is 0.239. The highest BCUT2D eigenvalue weighted by Crippen LogP contribution is 2.34. The van der Waals surface area contributed by atoms with Gasteiger partial charge < -0.3 is 19.8 Å². The molecule has 0 saturated carbocycles. The summed E-state index contributed by atoms with van der Waals surface area (Å²) in [5, 5.41) is 3.42. The second-order valence-electron chi connectivity index (χ2n) is 4.29. The van der Waals surface area contributed by atoms with E-state index in [1.165, 1.54) is 5.56 Å². The number of benzene rings is 1. The van der Waals surface area contributed by atoms with Gasteiger partial charge in [-0.3, -0.25) is 0 Å². The molecule has 0 saturated heterocycles. The Hall–Kier alpha value is -2.01. The van der Waals surface area contributed by atoms with E-state index in [-0.39, 0.29) is 6.04 Å². The molecule has 18 heavy (non-hydrogen) atoms. The SMILES string of the molecule is CC(NCc1cnc[nH]1)c1ccc2c(c1)OCO2. The summed E-state index contributed by atoms with van der Waals surface area (Å²) in [6, 6.07) is 6.26. The Morgan fingerprint density at radius 3 is 3.11 bits per heavy atom. The summed E-state index contributed by atoms with van der Waals surface area (Å²) in [7, 11) is 0. The quantitative estimate of drug-likeness (QED) is 0.864. The Morgan fingerprint density at radius 2 is 2.28 bits per heavy atom. The summed E-state index contributed by atoms with van der Waals surface area (Å²) >= 11 is 0. The van der Waals surface area contributed by atoms with E-state index in [0.717, 1.165) is 23.7 Å². The Kier molecular flexibility index (Phi) is 2.90. The van der Waals surface area contributed by atoms with Gasteiger partial charge in [-0.1, -0.05) is 6.07 Å². The Labute approximate surface area is 105 Å². The molecule has 3 rings (SSSR count). The summed E-state index contributed by atoms with van der Waals surface area (Å²) in [5.41, 5.74) is 2.25. The maximum absolute atomic E-state index is 5.37. The largest absolute Gasteiger partial charge is 0.454 e. The van der Waals surface area contributed by atoms with Crippen LogP contribution in [-0.2, 0) is 6.54 Å². The van der Waals surface area contributed by atoms with Crippen LogP contribution in [0.25, 0.3) is 0 Å². The van der Waals surface area contributed by atoms with Gasteiger partial charge in [0.25, 0.3) is 0 Å². The highest BCUT2D eigenvalue weighted by Gasteiger charge is 2.15. The molecule has 0 bridgehead atoms. The molecule has 1 aromatic carbocycles. The normalized spacial score (nSPS) is 14.7. The molecular formula is C13H15N3O2. The van der Waals surface area contributed by atoms with Gasteiger partial charge in [-0.15, -0.1) is 0 Å². The van der Waals surface area contributed by atoms with E-state index in [9.17, 15) is 0 Å². The first-order valence-electron chi connectivity index (χ1n) is 5.93. The van der Waals surface area contributed by atoms with E-state index in [1.807, 2.05) is 18.3 Å². The minimum absolute atomic E-state index is 0.239. The summed E-state index contributed by atoms with van der Waals surface area (Å²) in [5.74, 6) is 1.64. The van der Waals surface area contributed by atoms with E-state index < -0.39 is 0 Å². The predicted octanol–water partition coefficient (Wildman–Crippen LogP) is 1.99. The molecule has 0 aliphatic carbocycles. The lowest BCUT2D eigenvalue weighted by atomic mass is 10.1. The van der Waals surface area contributed by atoms with Crippen molar-refractivity contribution < 1.29 is 9.47 Å². The number of hydrogen-bond donors (Lipinski definition) is 2. The molecule has 0 radical (unpaired) electrons. The van der Waals surface area contributed by atoms with Crippen LogP contribution in [0.2, 0.25) is 0 Å². The first-order chi connectivity index (χ1) is 8.83. The van der Waals surface area contributed by atoms with Gasteiger partial charge in [0.1, 0.15) is 0 Å². The van der Waals surface area contributed by atoms with Crippen molar-refractivity contribution in [2.45, 2.75) is 19.5 Å². The van der Waals surface area contributed by atoms with Crippen LogP contribution in [0, 0.1) is 0 Å². The molecule has 0 amide bonds. The van der Waals surface area contributed by atoms with Crippen molar-refractivity contribution in [1.82, 2.24) is 15.3 Å². The van der Waals surface area contributed by atoms with Gasteiger partial charge in [-0.2, -0.15) is 0 Å². The lowest BCUT2D eigenvalue weighted by Gasteiger charge is -2.14. The fourth-order valence-electron chi connectivity index (χ4n) is 1.94. The number of aromatic nitrogens is 2. The van der Waals surface area contributed by atoms with Crippen molar-refractivity contribution in [2.75, 3.05) is 6.79 Å². The van der Waals surface area contributed by atoms with E-state index >= 15 is 0 Å². The number of H-pyrrole nitrogens is 1. The van der Waals surface area contributed by atoms with Crippen LogP contribution < -0.4 is 14.8 Å². The molecule has 94 valence electrons. The van der Waals surface area contributed by atoms with Gasteiger partial charge in [0.15, 0.2) is 11.5 Å². The Morgan fingerprint density at radius 1 is 1.39 bits per heavy atom. The zero-order valence-electron chi connectivity index (χ0n) is 10.1. The molecule has 1 aromatic heterocycles. The third-order valence-electron chi connectivity index (χ3n) is 3.05. The summed E-state index contributed by atoms with van der Waals surface area (Å²) in [6.07, 6.45) is 3.50. The van der Waals surface area contributed by atoms with Crippen LogP contribution in [0.1, 0.15) is 24.2 Å². The van der Waals surface area contributed by atoms with Crippen molar-refractivity contribution in [3.05, 3.63) is 42.0 Å². The van der Waals surface area contributed by atoms with E-state index in [4.69, 9.17) is 9.47 Å². The third kappa shape index (κ3) is 2.17. The zero-order chi connectivity index (χ0) is 12.4. The standard InChI is InChI=1S/C13H15N3O2/c1-9(15-6-11-5-14-7-16-11)10-2-3-12-13(4-10)18-8-17-12/h2-5,7,9,15H,6,8H2,1H3,(H,14,16). The molecule has 2 N–H and O–H groups in total. The molecule has 1 unspecified atom stereocenters. The van der Waals surface area contributed by atoms with Crippen molar-refractivity contribution in [3.63, 3.8) is 0 Å². The molecule has 2 aromatic rings. The highest BCUT2D eigenvalue weighted by atomic mass is 16.7. The maximum atomic E-state index is 5.37. The van der Waals surface area contributed by atoms with Gasteiger partial charge >= 0.3 is 0 Å². The third-order valence-corrected chi connectivity index (χ3v) is 3.05. The van der Waals surface area contributed by atoms with Gasteiger partial charge in [0, 0.05) is 24.5 Å². The number of aromatic amines is 1. The fraction of sp³-hybridized carbons (Fsp3) is 0.308. The number of hydrogen-bond acceptors (Lipinski definition) is 4. The van der Waals surface area contributed by atoms with Crippen LogP contribution in [0.3, 0.4) is 0 Å². The topological polar surface area (TPSA) is 59.2 Å². The molecular weight excluding hydrogens is 230 g/mol. The minimum Gasteiger partial charge on any atom is -0.454 e. The second kappa shape index (κ2) is 4.70. The molecule has 5 heteroatoms. The number of imidazole rings is 1. The van der Waals surface area contributed by atoms with Crippen molar-refractivity contribution in [1.29, 1.82) is 0 Å². The van der Waals surface area contributed by atoms with Crippen LogP contribution in [0.5, 0.6) is 11.5 Å². The smallest absolute Gasteiger partial charge is 0.231 e. The van der Waals surface area contributed by atoms with Gasteiger partial charge in [-0.25, -0.2) is 4.98 Å². The van der Waals surface area contributed by atoms with E-state index in [1.54, 1.807) is 6.33 Å². The average Bonchev–Trinajstić information content (AvgIpc) is 3.05. The van der Waals surface area contributed by atoms with Crippen LogP contribution in [0.4, 0.5) is 0 Å². The number of fused-ring (bicyclic) bond motifs is 1. The second-order valence-corrected chi connectivity index (χ2v) is 4.29. The number of nitrogens with one attached hydrogen (secondary N) is 2. The first-order valence-corrected chi connectivity index (χ1v) is 5.93. The average molecular weight is 245 g/mol. The Balaban J connectivity index is 1.67. The predicted molar refractivity (Wildman–Crippen MR) is 66.4 cm³/mol. The first kappa shape index (κ1) is 11.1. The molecule has 5 nitrogen and oxygen atoms in total. The summed E-state index contributed by atoms with van der Waals surface area (Å²) in [6.45, 7) is 3.19. The fourth-order valence-corrected chi connectivity index (χ4v) is 1.94.